The number of hydrogen-bond acceptors (Lipinski definition) is 3. The lowest BCUT2D eigenvalue weighted by molar-refractivity contribution is -0.144. The van der Waals surface area contributed by atoms with Crippen LogP contribution in [0.15, 0.2) is 18.2 Å². The molecule has 0 saturated carbocycles. The van der Waals surface area contributed by atoms with Crippen molar-refractivity contribution in [2.24, 2.45) is 0 Å². The van der Waals surface area contributed by atoms with Crippen LogP contribution in [-0.2, 0) is 15.8 Å². The van der Waals surface area contributed by atoms with Crippen LogP contribution < -0.4 is 5.32 Å². The Bertz CT molecular complexity index is 629. The van der Waals surface area contributed by atoms with Gasteiger partial charge in [-0.3, -0.25) is 9.59 Å². The van der Waals surface area contributed by atoms with Crippen molar-refractivity contribution in [3.8, 4) is 0 Å². The van der Waals surface area contributed by atoms with Crippen molar-refractivity contribution in [2.45, 2.75) is 13.1 Å². The number of benzene rings is 1. The van der Waals surface area contributed by atoms with Gasteiger partial charge in [-0.05, 0) is 24.7 Å². The van der Waals surface area contributed by atoms with E-state index in [4.69, 9.17) is 11.6 Å². The van der Waals surface area contributed by atoms with Crippen molar-refractivity contribution in [2.75, 3.05) is 38.0 Å². The van der Waals surface area contributed by atoms with E-state index in [1.165, 1.54) is 11.0 Å². The molecular formula is C15H17ClF3N3O2. The fraction of sp³-hybridized carbons (Fsp3) is 0.467. The summed E-state index contributed by atoms with van der Waals surface area (Å²) in [4.78, 5) is 27.6. The highest BCUT2D eigenvalue weighted by Crippen LogP contribution is 2.36. The van der Waals surface area contributed by atoms with Crippen molar-refractivity contribution in [3.63, 3.8) is 0 Å². The van der Waals surface area contributed by atoms with Gasteiger partial charge in [-0.25, -0.2) is 0 Å². The van der Waals surface area contributed by atoms with Gasteiger partial charge in [-0.15, -0.1) is 0 Å². The largest absolute Gasteiger partial charge is 0.417 e. The maximum Gasteiger partial charge on any atom is 0.417 e. The molecule has 1 aromatic rings. The first-order chi connectivity index (χ1) is 11.2. The molecule has 2 rings (SSSR count). The van der Waals surface area contributed by atoms with E-state index in [9.17, 15) is 22.8 Å². The molecule has 132 valence electrons. The summed E-state index contributed by atoms with van der Waals surface area (Å²) < 4.78 is 38.4. The van der Waals surface area contributed by atoms with Crippen molar-refractivity contribution in [1.82, 2.24) is 9.80 Å². The standard InChI is InChI=1S/C15H17ClF3N3O2/c1-2-21-5-7-22(8-6-21)14(24)13(23)20-10-3-4-12(16)11(9-10)15(17,18)19/h3-4,9H,2,5-8H2,1H3,(H,20,23). The number of hydrogen-bond donors (Lipinski definition) is 1. The van der Waals surface area contributed by atoms with E-state index in [1.807, 2.05) is 6.92 Å². The van der Waals surface area contributed by atoms with E-state index in [2.05, 4.69) is 10.2 Å². The lowest BCUT2D eigenvalue weighted by Crippen LogP contribution is -2.51. The highest BCUT2D eigenvalue weighted by molar-refractivity contribution is 6.39. The van der Waals surface area contributed by atoms with Gasteiger partial charge in [0.2, 0.25) is 0 Å². The molecule has 24 heavy (non-hydrogen) atoms. The molecule has 0 aromatic heterocycles. The summed E-state index contributed by atoms with van der Waals surface area (Å²) in [6.07, 6.45) is -4.64. The minimum Gasteiger partial charge on any atom is -0.332 e. The molecule has 1 N–H and O–H groups in total. The zero-order valence-electron chi connectivity index (χ0n) is 13.0. The maximum atomic E-state index is 12.8. The second kappa shape index (κ2) is 7.40. The van der Waals surface area contributed by atoms with Crippen molar-refractivity contribution < 1.29 is 22.8 Å². The van der Waals surface area contributed by atoms with Gasteiger partial charge in [-0.2, -0.15) is 13.2 Å². The molecule has 5 nitrogen and oxygen atoms in total. The van der Waals surface area contributed by atoms with E-state index in [1.54, 1.807) is 0 Å². The van der Waals surface area contributed by atoms with Crippen LogP contribution >= 0.6 is 11.6 Å². The van der Waals surface area contributed by atoms with Gasteiger partial charge in [0.15, 0.2) is 0 Å². The van der Waals surface area contributed by atoms with E-state index < -0.39 is 28.6 Å². The Morgan fingerprint density at radius 3 is 2.38 bits per heavy atom. The normalized spacial score (nSPS) is 16.1. The number of nitrogens with one attached hydrogen (secondary N) is 1. The molecule has 2 amide bonds. The van der Waals surface area contributed by atoms with E-state index in [-0.39, 0.29) is 5.69 Å². The number of carbonyl (C=O) groups excluding carboxylic acids is 2. The van der Waals surface area contributed by atoms with Crippen molar-refractivity contribution in [3.05, 3.63) is 28.8 Å². The second-order valence-corrected chi connectivity index (χ2v) is 5.78. The summed E-state index contributed by atoms with van der Waals surface area (Å²) in [5, 5.41) is 1.73. The molecule has 0 radical (unpaired) electrons. The molecule has 0 aliphatic carbocycles. The molecule has 0 spiro atoms. The topological polar surface area (TPSA) is 52.7 Å². The molecule has 1 saturated heterocycles. The summed E-state index contributed by atoms with van der Waals surface area (Å²) >= 11 is 5.52. The van der Waals surface area contributed by atoms with Crippen LogP contribution in [0.4, 0.5) is 18.9 Å². The maximum absolute atomic E-state index is 12.8. The first kappa shape index (κ1) is 18.5. The smallest absolute Gasteiger partial charge is 0.332 e. The first-order valence-corrected chi connectivity index (χ1v) is 7.79. The fourth-order valence-electron chi connectivity index (χ4n) is 2.42. The quantitative estimate of drug-likeness (QED) is 0.821. The Hall–Kier alpha value is -1.80. The molecule has 1 heterocycles. The molecular weight excluding hydrogens is 347 g/mol. The van der Waals surface area contributed by atoms with Crippen LogP contribution in [0.1, 0.15) is 12.5 Å². The summed E-state index contributed by atoms with van der Waals surface area (Å²) in [7, 11) is 0. The Balaban J connectivity index is 2.03. The molecule has 1 fully saturated rings. The van der Waals surface area contributed by atoms with Crippen molar-refractivity contribution >= 4 is 29.1 Å². The van der Waals surface area contributed by atoms with Gasteiger partial charge in [0.25, 0.3) is 0 Å². The monoisotopic (exact) mass is 363 g/mol. The lowest BCUT2D eigenvalue weighted by Gasteiger charge is -2.33. The van der Waals surface area contributed by atoms with E-state index >= 15 is 0 Å². The number of likely N-dealkylation sites (N-methyl/N-ethyl adjacent to an activating group) is 1. The van der Waals surface area contributed by atoms with Gasteiger partial charge in [0.1, 0.15) is 0 Å². The van der Waals surface area contributed by atoms with Crippen molar-refractivity contribution in [1.29, 1.82) is 0 Å². The average Bonchev–Trinajstić information content (AvgIpc) is 2.55. The average molecular weight is 364 g/mol. The number of amides is 2. The summed E-state index contributed by atoms with van der Waals surface area (Å²) in [6.45, 7) is 5.01. The van der Waals surface area contributed by atoms with Crippen LogP contribution in [0.5, 0.6) is 0 Å². The minimum absolute atomic E-state index is 0.128. The van der Waals surface area contributed by atoms with Gasteiger partial charge < -0.3 is 15.1 Å². The third-order valence-corrected chi connectivity index (χ3v) is 4.16. The van der Waals surface area contributed by atoms with Crippen LogP contribution in [0.25, 0.3) is 0 Å². The molecule has 0 bridgehead atoms. The highest BCUT2D eigenvalue weighted by atomic mass is 35.5. The van der Waals surface area contributed by atoms with Crippen LogP contribution in [0.2, 0.25) is 5.02 Å². The van der Waals surface area contributed by atoms with Crippen LogP contribution in [0, 0.1) is 0 Å². The predicted molar refractivity (Wildman–Crippen MR) is 83.8 cm³/mol. The number of rotatable bonds is 2. The Morgan fingerprint density at radius 2 is 1.83 bits per heavy atom. The highest BCUT2D eigenvalue weighted by Gasteiger charge is 2.34. The molecule has 0 unspecified atom stereocenters. The van der Waals surface area contributed by atoms with Gasteiger partial charge in [0, 0.05) is 31.9 Å². The minimum atomic E-state index is -4.64. The van der Waals surface area contributed by atoms with Gasteiger partial charge in [-0.1, -0.05) is 18.5 Å². The number of anilines is 1. The summed E-state index contributed by atoms with van der Waals surface area (Å²) in [5.74, 6) is -1.72. The first-order valence-electron chi connectivity index (χ1n) is 7.41. The molecule has 1 aromatic carbocycles. The Labute approximate surface area is 142 Å². The Kier molecular flexibility index (Phi) is 5.71. The lowest BCUT2D eigenvalue weighted by atomic mass is 10.2. The van der Waals surface area contributed by atoms with Gasteiger partial charge in [0.05, 0.1) is 10.6 Å². The fourth-order valence-corrected chi connectivity index (χ4v) is 2.64. The zero-order chi connectivity index (χ0) is 17.9. The SMILES string of the molecule is CCN1CCN(C(=O)C(=O)Nc2ccc(Cl)c(C(F)(F)F)c2)CC1. The number of piperazine rings is 1. The molecule has 1 aliphatic rings. The number of carbonyl (C=O) groups is 2. The van der Waals surface area contributed by atoms with Crippen LogP contribution in [-0.4, -0.2) is 54.3 Å². The zero-order valence-corrected chi connectivity index (χ0v) is 13.7. The summed E-state index contributed by atoms with van der Waals surface area (Å²) in [6, 6.07) is 2.96. The predicted octanol–water partition coefficient (Wildman–Crippen LogP) is 2.46. The summed E-state index contributed by atoms with van der Waals surface area (Å²) in [5.41, 5.74) is -1.19. The second-order valence-electron chi connectivity index (χ2n) is 5.37. The number of alkyl halides is 3. The van der Waals surface area contributed by atoms with E-state index in [0.717, 1.165) is 12.6 Å². The Morgan fingerprint density at radius 1 is 1.21 bits per heavy atom. The molecule has 1 aliphatic heterocycles. The third-order valence-electron chi connectivity index (χ3n) is 3.83. The van der Waals surface area contributed by atoms with Crippen LogP contribution in [0.3, 0.4) is 0 Å². The van der Waals surface area contributed by atoms with E-state index in [0.29, 0.717) is 32.2 Å². The van der Waals surface area contributed by atoms with Gasteiger partial charge >= 0.3 is 18.0 Å². The molecule has 0 atom stereocenters. The third kappa shape index (κ3) is 4.39. The number of nitrogens with zero attached hydrogens (tertiary/aromatic N) is 2. The number of halogens is 4. The molecule has 9 heteroatoms.